The molecule has 16 heavy (non-hydrogen) atoms. The summed E-state index contributed by atoms with van der Waals surface area (Å²) in [5.74, 6) is 0.630. The lowest BCUT2D eigenvalue weighted by Crippen LogP contribution is -1.98. The molecule has 0 spiro atoms. The maximum Gasteiger partial charge on any atom is 0.269 e. The minimum atomic E-state index is -0.427. The van der Waals surface area contributed by atoms with Gasteiger partial charge in [0.05, 0.1) is 4.92 Å². The van der Waals surface area contributed by atoms with Gasteiger partial charge >= 0.3 is 0 Å². The summed E-state index contributed by atoms with van der Waals surface area (Å²) in [5.41, 5.74) is 0.814. The van der Waals surface area contributed by atoms with Crippen LogP contribution in [0.2, 0.25) is 0 Å². The van der Waals surface area contributed by atoms with E-state index in [1.165, 1.54) is 12.1 Å². The van der Waals surface area contributed by atoms with Gasteiger partial charge in [-0.05, 0) is 12.5 Å². The first-order valence-electron chi connectivity index (χ1n) is 4.81. The number of nitro benzene ring substituents is 1. The predicted molar refractivity (Wildman–Crippen MR) is 62.7 cm³/mol. The van der Waals surface area contributed by atoms with Gasteiger partial charge in [0.15, 0.2) is 0 Å². The Morgan fingerprint density at radius 1 is 1.38 bits per heavy atom. The molecule has 84 valence electrons. The molecular weight excluding hydrogens is 206 g/mol. The molecule has 4 heteroatoms. The second kappa shape index (κ2) is 5.70. The highest BCUT2D eigenvalue weighted by molar-refractivity contribution is 5.44. The van der Waals surface area contributed by atoms with E-state index in [2.05, 4.69) is 13.2 Å². The van der Waals surface area contributed by atoms with Crippen molar-refractivity contribution in [2.75, 3.05) is 6.61 Å². The topological polar surface area (TPSA) is 52.4 Å². The lowest BCUT2D eigenvalue weighted by atomic mass is 10.1. The van der Waals surface area contributed by atoms with E-state index in [0.717, 1.165) is 5.56 Å². The number of allylic oxidation sites excluding steroid dienone is 1. The molecule has 0 amide bonds. The van der Waals surface area contributed by atoms with Crippen molar-refractivity contribution in [1.82, 2.24) is 0 Å². The summed E-state index contributed by atoms with van der Waals surface area (Å²) in [6.07, 6.45) is 3.84. The van der Waals surface area contributed by atoms with Crippen molar-refractivity contribution in [1.29, 1.82) is 0 Å². The van der Waals surface area contributed by atoms with Crippen LogP contribution < -0.4 is 4.74 Å². The van der Waals surface area contributed by atoms with Gasteiger partial charge < -0.3 is 4.74 Å². The average Bonchev–Trinajstić information content (AvgIpc) is 2.27. The Bertz CT molecular complexity index is 413. The van der Waals surface area contributed by atoms with Gasteiger partial charge in [-0.3, -0.25) is 10.1 Å². The third-order valence-electron chi connectivity index (χ3n) is 1.98. The van der Waals surface area contributed by atoms with Gasteiger partial charge in [0, 0.05) is 17.7 Å². The zero-order valence-corrected chi connectivity index (χ0v) is 8.89. The van der Waals surface area contributed by atoms with Crippen LogP contribution in [-0.2, 0) is 6.42 Å². The van der Waals surface area contributed by atoms with Gasteiger partial charge in [0.25, 0.3) is 5.69 Å². The molecule has 1 rings (SSSR count). The Labute approximate surface area is 94.0 Å². The molecule has 0 aromatic heterocycles. The van der Waals surface area contributed by atoms with Gasteiger partial charge in [-0.1, -0.05) is 18.7 Å². The molecule has 0 unspecified atom stereocenters. The molecule has 1 aromatic carbocycles. The van der Waals surface area contributed by atoms with Crippen LogP contribution in [0.1, 0.15) is 5.56 Å². The largest absolute Gasteiger partial charge is 0.489 e. The van der Waals surface area contributed by atoms with Crippen molar-refractivity contribution >= 4 is 5.69 Å². The van der Waals surface area contributed by atoms with E-state index >= 15 is 0 Å². The molecule has 0 aliphatic carbocycles. The van der Waals surface area contributed by atoms with Crippen LogP contribution in [0.4, 0.5) is 5.69 Å². The normalized spacial score (nSPS) is 9.50. The Kier molecular flexibility index (Phi) is 4.27. The second-order valence-corrected chi connectivity index (χ2v) is 3.14. The predicted octanol–water partition coefficient (Wildman–Crippen LogP) is 2.89. The quantitative estimate of drug-likeness (QED) is 0.420. The molecule has 0 bridgehead atoms. The number of rotatable bonds is 6. The molecule has 0 N–H and O–H groups in total. The van der Waals surface area contributed by atoms with Crippen LogP contribution >= 0.6 is 0 Å². The van der Waals surface area contributed by atoms with Crippen molar-refractivity contribution < 1.29 is 9.66 Å². The van der Waals surface area contributed by atoms with Crippen LogP contribution in [0.15, 0.2) is 43.5 Å². The van der Waals surface area contributed by atoms with Crippen molar-refractivity contribution in [2.24, 2.45) is 0 Å². The molecule has 0 fully saturated rings. The summed E-state index contributed by atoms with van der Waals surface area (Å²) in [6.45, 7) is 7.53. The van der Waals surface area contributed by atoms with Gasteiger partial charge in [0.1, 0.15) is 12.4 Å². The van der Waals surface area contributed by atoms with Gasteiger partial charge in [-0.25, -0.2) is 0 Å². The highest BCUT2D eigenvalue weighted by Crippen LogP contribution is 2.24. The van der Waals surface area contributed by atoms with Crippen LogP contribution in [0.25, 0.3) is 0 Å². The van der Waals surface area contributed by atoms with Gasteiger partial charge in [0.2, 0.25) is 0 Å². The van der Waals surface area contributed by atoms with E-state index in [4.69, 9.17) is 4.74 Å². The highest BCUT2D eigenvalue weighted by Gasteiger charge is 2.10. The third kappa shape index (κ3) is 2.95. The maximum absolute atomic E-state index is 10.6. The molecule has 0 aliphatic rings. The first kappa shape index (κ1) is 12.0. The van der Waals surface area contributed by atoms with Crippen molar-refractivity contribution in [3.63, 3.8) is 0 Å². The summed E-state index contributed by atoms with van der Waals surface area (Å²) in [5, 5.41) is 10.6. The minimum Gasteiger partial charge on any atom is -0.489 e. The molecule has 1 aromatic rings. The zero-order valence-electron chi connectivity index (χ0n) is 8.89. The summed E-state index contributed by atoms with van der Waals surface area (Å²) >= 11 is 0. The first-order chi connectivity index (χ1) is 7.69. The lowest BCUT2D eigenvalue weighted by Gasteiger charge is -2.08. The van der Waals surface area contributed by atoms with Gasteiger partial charge in [-0.2, -0.15) is 0 Å². The van der Waals surface area contributed by atoms with E-state index in [-0.39, 0.29) is 5.69 Å². The summed E-state index contributed by atoms with van der Waals surface area (Å²) < 4.78 is 5.39. The Balaban J connectivity index is 3.02. The Morgan fingerprint density at radius 2 is 2.12 bits per heavy atom. The van der Waals surface area contributed by atoms with Crippen LogP contribution in [-0.4, -0.2) is 11.5 Å². The first-order valence-corrected chi connectivity index (χ1v) is 4.81. The molecule has 0 heterocycles. The van der Waals surface area contributed by atoms with E-state index in [1.54, 1.807) is 18.2 Å². The zero-order chi connectivity index (χ0) is 12.0. The van der Waals surface area contributed by atoms with Crippen LogP contribution in [0.5, 0.6) is 5.75 Å². The molecule has 0 radical (unpaired) electrons. The fourth-order valence-corrected chi connectivity index (χ4v) is 1.28. The molecule has 0 aliphatic heterocycles. The number of ether oxygens (including phenoxy) is 1. The maximum atomic E-state index is 10.6. The molecular formula is C12H13NO3. The summed E-state index contributed by atoms with van der Waals surface area (Å²) in [4.78, 5) is 10.2. The number of benzene rings is 1. The van der Waals surface area contributed by atoms with E-state index in [9.17, 15) is 10.1 Å². The standard InChI is InChI=1S/C12H13NO3/c1-3-5-10-9-11(13(14)15)6-7-12(10)16-8-4-2/h3-4,6-7,9H,1-2,5,8H2. The fraction of sp³-hybridized carbons (Fsp3) is 0.167. The number of hydrogen-bond donors (Lipinski definition) is 0. The van der Waals surface area contributed by atoms with Crippen LogP contribution in [0.3, 0.4) is 0 Å². The summed E-state index contributed by atoms with van der Waals surface area (Å²) in [7, 11) is 0. The van der Waals surface area contributed by atoms with E-state index < -0.39 is 4.92 Å². The summed E-state index contributed by atoms with van der Waals surface area (Å²) in [6, 6.07) is 4.52. The Hall–Kier alpha value is -2.10. The van der Waals surface area contributed by atoms with Crippen molar-refractivity contribution in [3.8, 4) is 5.75 Å². The molecule has 4 nitrogen and oxygen atoms in total. The minimum absolute atomic E-state index is 0.0582. The molecule has 0 saturated carbocycles. The van der Waals surface area contributed by atoms with Crippen molar-refractivity contribution in [3.05, 3.63) is 59.2 Å². The fourth-order valence-electron chi connectivity index (χ4n) is 1.28. The van der Waals surface area contributed by atoms with E-state index in [0.29, 0.717) is 18.8 Å². The number of hydrogen-bond acceptors (Lipinski definition) is 3. The second-order valence-electron chi connectivity index (χ2n) is 3.14. The highest BCUT2D eigenvalue weighted by atomic mass is 16.6. The third-order valence-corrected chi connectivity index (χ3v) is 1.98. The van der Waals surface area contributed by atoms with Crippen molar-refractivity contribution in [2.45, 2.75) is 6.42 Å². The lowest BCUT2D eigenvalue weighted by molar-refractivity contribution is -0.384. The SMILES string of the molecule is C=CCOc1ccc([N+](=O)[O-])cc1CC=C. The number of nitro groups is 1. The van der Waals surface area contributed by atoms with Gasteiger partial charge in [-0.15, -0.1) is 6.58 Å². The average molecular weight is 219 g/mol. The Morgan fingerprint density at radius 3 is 2.69 bits per heavy atom. The van der Waals surface area contributed by atoms with E-state index in [1.807, 2.05) is 0 Å². The smallest absolute Gasteiger partial charge is 0.269 e. The monoisotopic (exact) mass is 219 g/mol. The number of non-ortho nitro benzene ring substituents is 1. The molecule has 0 saturated heterocycles. The van der Waals surface area contributed by atoms with Crippen LogP contribution in [0, 0.1) is 10.1 Å². The number of nitrogens with zero attached hydrogens (tertiary/aromatic N) is 1. The molecule has 0 atom stereocenters.